The molecule has 0 aliphatic carbocycles. The van der Waals surface area contributed by atoms with Gasteiger partial charge in [0, 0.05) is 44.6 Å². The number of hydrogen-bond donors (Lipinski definition) is 1. The number of piperidine rings is 1. The Kier molecular flexibility index (Phi) is 7.35. The lowest BCUT2D eigenvalue weighted by molar-refractivity contribution is -0.128. The van der Waals surface area contributed by atoms with E-state index in [-0.39, 0.29) is 24.3 Å². The van der Waals surface area contributed by atoms with Crippen molar-refractivity contribution in [3.8, 4) is 0 Å². The number of nitrogens with zero attached hydrogens (tertiary/aromatic N) is 3. The zero-order valence-electron chi connectivity index (χ0n) is 20.0. The van der Waals surface area contributed by atoms with Gasteiger partial charge in [0.25, 0.3) is 11.8 Å². The van der Waals surface area contributed by atoms with E-state index in [2.05, 4.69) is 5.32 Å². The Labute approximate surface area is 204 Å². The summed E-state index contributed by atoms with van der Waals surface area (Å²) in [5.74, 6) is -0.420. The molecule has 182 valence electrons. The van der Waals surface area contributed by atoms with E-state index < -0.39 is 11.8 Å². The highest BCUT2D eigenvalue weighted by molar-refractivity contribution is 7.12. The van der Waals surface area contributed by atoms with Crippen LogP contribution in [-0.2, 0) is 9.53 Å². The van der Waals surface area contributed by atoms with Crippen LogP contribution in [0.15, 0.2) is 41.8 Å². The zero-order chi connectivity index (χ0) is 24.3. The number of hydrogen-bond acceptors (Lipinski definition) is 6. The van der Waals surface area contributed by atoms with E-state index in [0.717, 1.165) is 5.56 Å². The van der Waals surface area contributed by atoms with Gasteiger partial charge in [-0.25, -0.2) is 0 Å². The number of aryl methyl sites for hydroxylation is 1. The maximum absolute atomic E-state index is 13.8. The Morgan fingerprint density at radius 3 is 2.50 bits per heavy atom. The van der Waals surface area contributed by atoms with Gasteiger partial charge in [0.05, 0.1) is 11.5 Å². The lowest BCUT2D eigenvalue weighted by Crippen LogP contribution is -2.60. The molecule has 1 N–H and O–H groups in total. The minimum Gasteiger partial charge on any atom is -0.353 e. The van der Waals surface area contributed by atoms with Gasteiger partial charge < -0.3 is 19.9 Å². The number of nitrogens with one attached hydrogen (secondary N) is 1. The van der Waals surface area contributed by atoms with Crippen LogP contribution in [0.5, 0.6) is 0 Å². The highest BCUT2D eigenvalue weighted by atomic mass is 32.1. The highest BCUT2D eigenvalue weighted by Gasteiger charge is 2.54. The van der Waals surface area contributed by atoms with Gasteiger partial charge in [-0.15, -0.1) is 11.3 Å². The van der Waals surface area contributed by atoms with E-state index in [1.165, 1.54) is 11.3 Å². The van der Waals surface area contributed by atoms with E-state index in [4.69, 9.17) is 4.74 Å². The molecule has 0 bridgehead atoms. The number of carbonyl (C=O) groups is 3. The van der Waals surface area contributed by atoms with Gasteiger partial charge in [-0.3, -0.25) is 19.3 Å². The number of carbonyl (C=O) groups excluding carboxylic acids is 3. The van der Waals surface area contributed by atoms with Crippen molar-refractivity contribution in [1.82, 2.24) is 20.0 Å². The van der Waals surface area contributed by atoms with Gasteiger partial charge in [-0.2, -0.15) is 0 Å². The van der Waals surface area contributed by atoms with Crippen LogP contribution in [0.2, 0.25) is 0 Å². The molecule has 8 nitrogen and oxygen atoms in total. The molecule has 4 rings (SSSR count). The third-order valence-corrected chi connectivity index (χ3v) is 7.44. The molecule has 2 aromatic rings. The van der Waals surface area contributed by atoms with Crippen molar-refractivity contribution < 1.29 is 19.1 Å². The summed E-state index contributed by atoms with van der Waals surface area (Å²) in [6, 6.07) is 10.4. The number of likely N-dealkylation sites (N-methyl/N-ethyl adjacent to an activating group) is 1. The van der Waals surface area contributed by atoms with Crippen molar-refractivity contribution in [1.29, 1.82) is 0 Å². The SMILES string of the molecule is Cc1ccccc1C(=O)N1[C@@H](C(=O)NCCN(C)C)COC12CCN(C(=O)c1cccs1)CC2. The maximum atomic E-state index is 13.8. The molecule has 0 radical (unpaired) electrons. The molecule has 0 saturated carbocycles. The van der Waals surface area contributed by atoms with E-state index in [1.54, 1.807) is 15.9 Å². The molecule has 1 aromatic carbocycles. The van der Waals surface area contributed by atoms with E-state index >= 15 is 0 Å². The van der Waals surface area contributed by atoms with Gasteiger partial charge in [-0.05, 0) is 44.1 Å². The molecule has 2 aliphatic rings. The first-order valence-electron chi connectivity index (χ1n) is 11.6. The smallest absolute Gasteiger partial charge is 0.263 e. The quantitative estimate of drug-likeness (QED) is 0.680. The van der Waals surface area contributed by atoms with Crippen LogP contribution < -0.4 is 5.32 Å². The van der Waals surface area contributed by atoms with Crippen molar-refractivity contribution >= 4 is 29.1 Å². The normalized spacial score (nSPS) is 19.6. The molecule has 3 amide bonds. The molecular weight excluding hydrogens is 452 g/mol. The van der Waals surface area contributed by atoms with Crippen LogP contribution in [0.1, 0.15) is 38.4 Å². The standard InChI is InChI=1S/C25H32N4O4S/c1-18-7-4-5-8-19(18)23(31)29-20(22(30)26-12-15-27(2)3)17-33-25(29)10-13-28(14-11-25)24(32)21-9-6-16-34-21/h4-9,16,20H,10-15,17H2,1-3H3,(H,26,30)/t20-/m1/s1. The Balaban J connectivity index is 1.56. The van der Waals surface area contributed by atoms with Gasteiger partial charge >= 0.3 is 0 Å². The van der Waals surface area contributed by atoms with Gasteiger partial charge in [0.15, 0.2) is 0 Å². The zero-order valence-corrected chi connectivity index (χ0v) is 20.8. The molecule has 1 spiro atoms. The Bertz CT molecular complexity index is 1030. The predicted molar refractivity (Wildman–Crippen MR) is 131 cm³/mol. The summed E-state index contributed by atoms with van der Waals surface area (Å²) in [7, 11) is 3.89. The van der Waals surface area contributed by atoms with Crippen LogP contribution in [0, 0.1) is 6.92 Å². The summed E-state index contributed by atoms with van der Waals surface area (Å²) in [4.78, 5) is 45.9. The van der Waals surface area contributed by atoms with E-state index in [9.17, 15) is 14.4 Å². The van der Waals surface area contributed by atoms with E-state index in [0.29, 0.717) is 49.5 Å². The number of rotatable bonds is 6. The summed E-state index contributed by atoms with van der Waals surface area (Å²) in [5.41, 5.74) is 0.511. The van der Waals surface area contributed by atoms with Crippen LogP contribution in [-0.4, -0.2) is 91.1 Å². The van der Waals surface area contributed by atoms with Crippen molar-refractivity contribution in [2.45, 2.75) is 31.5 Å². The van der Waals surface area contributed by atoms with Crippen LogP contribution in [0.3, 0.4) is 0 Å². The fraction of sp³-hybridized carbons (Fsp3) is 0.480. The predicted octanol–water partition coefficient (Wildman–Crippen LogP) is 2.21. The third-order valence-electron chi connectivity index (χ3n) is 6.58. The number of ether oxygens (including phenoxy) is 1. The second-order valence-corrected chi connectivity index (χ2v) is 10.1. The largest absolute Gasteiger partial charge is 0.353 e. The average Bonchev–Trinajstić information content (AvgIpc) is 3.48. The number of likely N-dealkylation sites (tertiary alicyclic amines) is 1. The van der Waals surface area contributed by atoms with Crippen LogP contribution in [0.4, 0.5) is 0 Å². The maximum Gasteiger partial charge on any atom is 0.263 e. The monoisotopic (exact) mass is 484 g/mol. The van der Waals surface area contributed by atoms with E-state index in [1.807, 2.05) is 61.6 Å². The first-order valence-corrected chi connectivity index (χ1v) is 12.5. The number of benzene rings is 1. The second kappa shape index (κ2) is 10.2. The van der Waals surface area contributed by atoms with Crippen molar-refractivity contribution in [2.24, 2.45) is 0 Å². The molecule has 0 unspecified atom stereocenters. The topological polar surface area (TPSA) is 82.2 Å². The van der Waals surface area contributed by atoms with Crippen molar-refractivity contribution in [3.63, 3.8) is 0 Å². The molecule has 9 heteroatoms. The highest BCUT2D eigenvalue weighted by Crippen LogP contribution is 2.39. The average molecular weight is 485 g/mol. The molecular formula is C25H32N4O4S. The summed E-state index contributed by atoms with van der Waals surface area (Å²) in [6.07, 6.45) is 0.923. The fourth-order valence-electron chi connectivity index (χ4n) is 4.65. The summed E-state index contributed by atoms with van der Waals surface area (Å²) in [6.45, 7) is 4.16. The Morgan fingerprint density at radius 2 is 1.85 bits per heavy atom. The summed E-state index contributed by atoms with van der Waals surface area (Å²) < 4.78 is 6.25. The molecule has 2 aliphatic heterocycles. The van der Waals surface area contributed by atoms with Crippen LogP contribution in [0.25, 0.3) is 0 Å². The van der Waals surface area contributed by atoms with Gasteiger partial charge in [0.1, 0.15) is 11.8 Å². The first-order chi connectivity index (χ1) is 16.3. The molecule has 3 heterocycles. The summed E-state index contributed by atoms with van der Waals surface area (Å²) in [5, 5.41) is 4.85. The lowest BCUT2D eigenvalue weighted by Gasteiger charge is -2.44. The Hall–Kier alpha value is -2.75. The molecule has 1 aromatic heterocycles. The minimum atomic E-state index is -0.908. The molecule has 2 saturated heterocycles. The van der Waals surface area contributed by atoms with Crippen molar-refractivity contribution in [3.05, 3.63) is 57.8 Å². The number of thiophene rings is 1. The van der Waals surface area contributed by atoms with Crippen molar-refractivity contribution in [2.75, 3.05) is 46.9 Å². The van der Waals surface area contributed by atoms with Gasteiger partial charge in [-0.1, -0.05) is 24.3 Å². The molecule has 2 fully saturated rings. The summed E-state index contributed by atoms with van der Waals surface area (Å²) >= 11 is 1.42. The molecule has 1 atom stereocenters. The minimum absolute atomic E-state index is 0.00222. The fourth-order valence-corrected chi connectivity index (χ4v) is 5.34. The molecule has 34 heavy (non-hydrogen) atoms. The second-order valence-electron chi connectivity index (χ2n) is 9.13. The third kappa shape index (κ3) is 4.87. The van der Waals surface area contributed by atoms with Gasteiger partial charge in [0.2, 0.25) is 5.91 Å². The number of amides is 3. The van der Waals surface area contributed by atoms with Crippen LogP contribution >= 0.6 is 11.3 Å². The Morgan fingerprint density at radius 1 is 1.12 bits per heavy atom. The lowest BCUT2D eigenvalue weighted by atomic mass is 9.95. The first kappa shape index (κ1) is 24.4.